The summed E-state index contributed by atoms with van der Waals surface area (Å²) < 4.78 is 6.65. The van der Waals surface area contributed by atoms with E-state index in [0.717, 1.165) is 49.5 Å². The molecule has 5 heteroatoms. The van der Waals surface area contributed by atoms with E-state index in [-0.39, 0.29) is 0 Å². The van der Waals surface area contributed by atoms with Crippen LogP contribution in [0.4, 0.5) is 0 Å². The van der Waals surface area contributed by atoms with Crippen LogP contribution in [0.5, 0.6) is 5.75 Å². The average Bonchev–Trinajstić information content (AvgIpc) is 2.64. The summed E-state index contributed by atoms with van der Waals surface area (Å²) in [4.78, 5) is 3.11. The van der Waals surface area contributed by atoms with Gasteiger partial charge in [-0.25, -0.2) is 0 Å². The van der Waals surface area contributed by atoms with Gasteiger partial charge in [-0.15, -0.1) is 0 Å². The molecule has 25 heavy (non-hydrogen) atoms. The van der Waals surface area contributed by atoms with Gasteiger partial charge in [0, 0.05) is 5.56 Å². The Kier molecular flexibility index (Phi) is 6.87. The van der Waals surface area contributed by atoms with Gasteiger partial charge in [-0.2, -0.15) is 0 Å². The van der Waals surface area contributed by atoms with Gasteiger partial charge in [0.2, 0.25) is 0 Å². The molecule has 1 saturated heterocycles. The van der Waals surface area contributed by atoms with E-state index in [1.54, 1.807) is 4.90 Å². The number of benzene rings is 2. The number of rotatable bonds is 7. The third kappa shape index (κ3) is 5.82. The smallest absolute Gasteiger partial charge is 0.137 e. The molecule has 0 radical (unpaired) electrons. The van der Waals surface area contributed by atoms with Gasteiger partial charge in [0.05, 0.1) is 4.47 Å². The zero-order valence-electron chi connectivity index (χ0n) is 14.5. The predicted octanol–water partition coefficient (Wildman–Crippen LogP) is 0.172. The number of quaternary nitrogens is 2. The Hall–Kier alpha value is -1.40. The minimum absolute atomic E-state index is 0.340. The van der Waals surface area contributed by atoms with Crippen LogP contribution in [0.3, 0.4) is 0 Å². The lowest BCUT2D eigenvalue weighted by Gasteiger charge is -2.30. The number of halogens is 1. The van der Waals surface area contributed by atoms with Crippen LogP contribution in [0.25, 0.3) is 0 Å². The minimum atomic E-state index is -0.433. The molecule has 2 aromatic rings. The fourth-order valence-corrected chi connectivity index (χ4v) is 3.76. The van der Waals surface area contributed by atoms with Crippen LogP contribution in [0.2, 0.25) is 0 Å². The van der Waals surface area contributed by atoms with Gasteiger partial charge < -0.3 is 19.6 Å². The Balaban J connectivity index is 1.37. The van der Waals surface area contributed by atoms with E-state index in [4.69, 9.17) is 4.74 Å². The summed E-state index contributed by atoms with van der Waals surface area (Å²) in [6, 6.07) is 18.4. The second-order valence-corrected chi connectivity index (χ2v) is 7.62. The Morgan fingerprint density at radius 2 is 1.56 bits per heavy atom. The van der Waals surface area contributed by atoms with Crippen LogP contribution >= 0.6 is 15.9 Å². The number of aliphatic hydroxyl groups excluding tert-OH is 1. The largest absolute Gasteiger partial charge is 0.489 e. The van der Waals surface area contributed by atoms with Gasteiger partial charge in [0.15, 0.2) is 0 Å². The van der Waals surface area contributed by atoms with Gasteiger partial charge in [0.25, 0.3) is 0 Å². The van der Waals surface area contributed by atoms with Crippen molar-refractivity contribution in [3.8, 4) is 5.75 Å². The van der Waals surface area contributed by atoms with Gasteiger partial charge in [-0.05, 0) is 28.1 Å². The topological polar surface area (TPSA) is 38.3 Å². The molecular formula is C20H27BrN2O2+2. The Bertz CT molecular complexity index is 645. The maximum absolute atomic E-state index is 10.3. The fraction of sp³-hybridized carbons (Fsp3) is 0.400. The third-order valence-corrected chi connectivity index (χ3v) is 5.41. The maximum Gasteiger partial charge on any atom is 0.137 e. The summed E-state index contributed by atoms with van der Waals surface area (Å²) in [7, 11) is 0. The van der Waals surface area contributed by atoms with Crippen molar-refractivity contribution in [2.24, 2.45) is 0 Å². The van der Waals surface area contributed by atoms with Crippen molar-refractivity contribution in [3.05, 3.63) is 64.6 Å². The zero-order chi connectivity index (χ0) is 17.5. The highest BCUT2D eigenvalue weighted by atomic mass is 79.9. The van der Waals surface area contributed by atoms with Crippen molar-refractivity contribution < 1.29 is 19.6 Å². The molecule has 0 amide bonds. The van der Waals surface area contributed by atoms with Crippen LogP contribution in [-0.2, 0) is 6.54 Å². The molecule has 3 N–H and O–H groups in total. The Labute approximate surface area is 158 Å². The van der Waals surface area contributed by atoms with Crippen molar-refractivity contribution in [1.29, 1.82) is 0 Å². The normalized spacial score (nSPS) is 21.7. The highest BCUT2D eigenvalue weighted by molar-refractivity contribution is 9.10. The van der Waals surface area contributed by atoms with E-state index in [9.17, 15) is 5.11 Å². The highest BCUT2D eigenvalue weighted by Crippen LogP contribution is 2.23. The van der Waals surface area contributed by atoms with Crippen LogP contribution in [-0.4, -0.2) is 50.5 Å². The lowest BCUT2D eigenvalue weighted by atomic mass is 10.2. The van der Waals surface area contributed by atoms with E-state index in [1.807, 2.05) is 24.3 Å². The second kappa shape index (κ2) is 9.34. The van der Waals surface area contributed by atoms with Crippen molar-refractivity contribution in [2.75, 3.05) is 39.3 Å². The Morgan fingerprint density at radius 3 is 2.28 bits per heavy atom. The molecule has 0 bridgehead atoms. The van der Waals surface area contributed by atoms with E-state index in [2.05, 4.69) is 46.3 Å². The van der Waals surface area contributed by atoms with Crippen molar-refractivity contribution >= 4 is 15.9 Å². The lowest BCUT2D eigenvalue weighted by Crippen LogP contribution is -3.28. The third-order valence-electron chi connectivity index (χ3n) is 4.75. The van der Waals surface area contributed by atoms with Gasteiger partial charge >= 0.3 is 0 Å². The molecule has 0 saturated carbocycles. The minimum Gasteiger partial charge on any atom is -0.489 e. The number of nitrogens with one attached hydrogen (secondary N) is 2. The monoisotopic (exact) mass is 406 g/mol. The standard InChI is InChI=1S/C20H25BrN2O2/c21-19-8-4-5-9-20(19)25-16-18(24)15-23-12-10-22(11-13-23)14-17-6-2-1-3-7-17/h1-9,18,24H,10-16H2/p+2/t18-/m1/s1. The van der Waals surface area contributed by atoms with Gasteiger partial charge in [-0.1, -0.05) is 42.5 Å². The highest BCUT2D eigenvalue weighted by Gasteiger charge is 2.25. The van der Waals surface area contributed by atoms with Crippen molar-refractivity contribution in [2.45, 2.75) is 12.6 Å². The molecular weight excluding hydrogens is 380 g/mol. The van der Waals surface area contributed by atoms with Crippen LogP contribution < -0.4 is 14.5 Å². The average molecular weight is 407 g/mol. The first kappa shape index (κ1) is 18.4. The summed E-state index contributed by atoms with van der Waals surface area (Å²) in [5.41, 5.74) is 1.41. The quantitative estimate of drug-likeness (QED) is 0.613. The summed E-state index contributed by atoms with van der Waals surface area (Å²) in [5, 5.41) is 10.3. The molecule has 2 aromatic carbocycles. The molecule has 1 fully saturated rings. The summed E-state index contributed by atoms with van der Waals surface area (Å²) in [6.45, 7) is 6.71. The predicted molar refractivity (Wildman–Crippen MR) is 102 cm³/mol. The Morgan fingerprint density at radius 1 is 0.920 bits per heavy atom. The van der Waals surface area contributed by atoms with Crippen molar-refractivity contribution in [3.63, 3.8) is 0 Å². The number of hydrogen-bond acceptors (Lipinski definition) is 2. The molecule has 1 heterocycles. The zero-order valence-corrected chi connectivity index (χ0v) is 16.0. The SMILES string of the molecule is O[C@@H](COc1ccccc1Br)C[NH+]1CC[NH+](Cc2ccccc2)CC1. The molecule has 1 aliphatic heterocycles. The van der Waals surface area contributed by atoms with E-state index >= 15 is 0 Å². The van der Waals surface area contributed by atoms with Crippen molar-refractivity contribution in [1.82, 2.24) is 0 Å². The second-order valence-electron chi connectivity index (χ2n) is 6.76. The fourth-order valence-electron chi connectivity index (χ4n) is 3.36. The number of piperazine rings is 1. The van der Waals surface area contributed by atoms with E-state index in [0.29, 0.717) is 6.61 Å². The number of ether oxygens (including phenoxy) is 1. The van der Waals surface area contributed by atoms with Crippen LogP contribution in [0.1, 0.15) is 5.56 Å². The number of para-hydroxylation sites is 1. The molecule has 0 aromatic heterocycles. The van der Waals surface area contributed by atoms with Gasteiger partial charge in [0.1, 0.15) is 57.7 Å². The first-order valence-electron chi connectivity index (χ1n) is 8.97. The molecule has 1 aliphatic rings. The van der Waals surface area contributed by atoms with Crippen LogP contribution in [0, 0.1) is 0 Å². The number of aliphatic hydroxyl groups is 1. The molecule has 3 rings (SSSR count). The summed E-state index contributed by atoms with van der Waals surface area (Å²) >= 11 is 3.46. The molecule has 1 atom stereocenters. The summed E-state index contributed by atoms with van der Waals surface area (Å²) in [6.07, 6.45) is -0.433. The summed E-state index contributed by atoms with van der Waals surface area (Å²) in [5.74, 6) is 0.786. The van der Waals surface area contributed by atoms with E-state index < -0.39 is 6.10 Å². The molecule has 0 unspecified atom stereocenters. The van der Waals surface area contributed by atoms with E-state index in [1.165, 1.54) is 10.5 Å². The molecule has 4 nitrogen and oxygen atoms in total. The maximum atomic E-state index is 10.3. The first-order chi connectivity index (χ1) is 12.2. The molecule has 0 spiro atoms. The van der Waals surface area contributed by atoms with Gasteiger partial charge in [-0.3, -0.25) is 0 Å². The molecule has 0 aliphatic carbocycles. The van der Waals surface area contributed by atoms with Crippen LogP contribution in [0.15, 0.2) is 59.1 Å². The number of hydrogen-bond donors (Lipinski definition) is 3. The first-order valence-corrected chi connectivity index (χ1v) is 9.76. The molecule has 134 valence electrons. The lowest BCUT2D eigenvalue weighted by molar-refractivity contribution is -1.02.